The van der Waals surface area contributed by atoms with E-state index in [-0.39, 0.29) is 36.5 Å². The second-order valence-electron chi connectivity index (χ2n) is 6.47. The second kappa shape index (κ2) is 4.23. The molecule has 0 bridgehead atoms. The van der Waals surface area contributed by atoms with Crippen LogP contribution in [0, 0.1) is 0 Å². The number of carbonyl (C=O) groups is 2. The third-order valence-corrected chi connectivity index (χ3v) is 4.03. The zero-order valence-corrected chi connectivity index (χ0v) is 12.0. The summed E-state index contributed by atoms with van der Waals surface area (Å²) in [4.78, 5) is 31.7. The Morgan fingerprint density at radius 1 is 1.25 bits per heavy atom. The van der Waals surface area contributed by atoms with Crippen molar-refractivity contribution in [3.63, 3.8) is 0 Å². The SMILES string of the molecule is CC(C)(C)N1C(=O)N2CN(CCO)CN3C(=O)N[C@H]1[C@H]32. The second-order valence-corrected chi connectivity index (χ2v) is 6.47. The number of hydrogen-bond donors (Lipinski definition) is 2. The van der Waals surface area contributed by atoms with Crippen LogP contribution >= 0.6 is 0 Å². The van der Waals surface area contributed by atoms with E-state index >= 15 is 0 Å². The summed E-state index contributed by atoms with van der Waals surface area (Å²) in [5.74, 6) is 0. The predicted octanol–water partition coefficient (Wildman–Crippen LogP) is -0.577. The molecule has 0 aromatic heterocycles. The maximum Gasteiger partial charge on any atom is 0.325 e. The van der Waals surface area contributed by atoms with Crippen LogP contribution in [0.2, 0.25) is 0 Å². The number of urea groups is 2. The van der Waals surface area contributed by atoms with E-state index in [1.807, 2.05) is 25.7 Å². The Balaban J connectivity index is 1.93. The molecule has 0 unspecified atom stereocenters. The fraction of sp³-hybridized carbons (Fsp3) is 0.833. The minimum atomic E-state index is -0.357. The van der Waals surface area contributed by atoms with Gasteiger partial charge in [-0.3, -0.25) is 19.6 Å². The van der Waals surface area contributed by atoms with E-state index in [0.717, 1.165) is 0 Å². The molecule has 0 spiro atoms. The predicted molar refractivity (Wildman–Crippen MR) is 70.3 cm³/mol. The Hall–Kier alpha value is -1.54. The Bertz CT molecular complexity index is 449. The van der Waals surface area contributed by atoms with Crippen LogP contribution in [0.25, 0.3) is 0 Å². The van der Waals surface area contributed by atoms with Crippen molar-refractivity contribution in [2.45, 2.75) is 38.6 Å². The number of aliphatic hydroxyl groups excluding tert-OH is 1. The normalized spacial score (nSPS) is 30.1. The van der Waals surface area contributed by atoms with Gasteiger partial charge in [0.05, 0.1) is 19.9 Å². The standard InChI is InChI=1S/C12H21N5O3/c1-12(2,3)17-8-9-15(10(19)13-8)6-14(4-5-18)7-16(9)11(17)20/h8-9,18H,4-7H2,1-3H3,(H,13,19)/t8-,9-/m1/s1. The molecule has 0 saturated carbocycles. The quantitative estimate of drug-likeness (QED) is 0.711. The van der Waals surface area contributed by atoms with Crippen LogP contribution in [0.1, 0.15) is 20.8 Å². The van der Waals surface area contributed by atoms with Crippen molar-refractivity contribution >= 4 is 12.1 Å². The van der Waals surface area contributed by atoms with Crippen LogP contribution in [0.3, 0.4) is 0 Å². The summed E-state index contributed by atoms with van der Waals surface area (Å²) in [7, 11) is 0. The lowest BCUT2D eigenvalue weighted by molar-refractivity contribution is -0.0167. The smallest absolute Gasteiger partial charge is 0.325 e. The summed E-state index contributed by atoms with van der Waals surface area (Å²) in [5.41, 5.74) is -0.357. The van der Waals surface area contributed by atoms with Gasteiger partial charge in [0.25, 0.3) is 0 Å². The Morgan fingerprint density at radius 3 is 2.50 bits per heavy atom. The molecule has 2 N–H and O–H groups in total. The van der Waals surface area contributed by atoms with E-state index in [9.17, 15) is 9.59 Å². The third-order valence-electron chi connectivity index (χ3n) is 4.03. The summed E-state index contributed by atoms with van der Waals surface area (Å²) < 4.78 is 0. The van der Waals surface area contributed by atoms with Gasteiger partial charge < -0.3 is 10.4 Å². The van der Waals surface area contributed by atoms with Crippen LogP contribution in [-0.2, 0) is 0 Å². The maximum absolute atomic E-state index is 12.6. The van der Waals surface area contributed by atoms with Crippen molar-refractivity contribution in [1.82, 2.24) is 24.9 Å². The molecule has 3 fully saturated rings. The summed E-state index contributed by atoms with van der Waals surface area (Å²) >= 11 is 0. The van der Waals surface area contributed by atoms with Gasteiger partial charge in [-0.05, 0) is 20.8 Å². The average molecular weight is 283 g/mol. The number of hydrogen-bond acceptors (Lipinski definition) is 4. The van der Waals surface area contributed by atoms with Gasteiger partial charge in [0.2, 0.25) is 0 Å². The molecule has 20 heavy (non-hydrogen) atoms. The van der Waals surface area contributed by atoms with Gasteiger partial charge in [0, 0.05) is 12.1 Å². The molecule has 112 valence electrons. The summed E-state index contributed by atoms with van der Waals surface area (Å²) in [6.07, 6.45) is -0.546. The van der Waals surface area contributed by atoms with Gasteiger partial charge in [0.1, 0.15) is 6.17 Å². The molecule has 3 rings (SSSR count). The summed E-state index contributed by atoms with van der Waals surface area (Å²) in [5, 5.41) is 12.0. The third kappa shape index (κ3) is 1.75. The van der Waals surface area contributed by atoms with E-state index in [1.54, 1.807) is 14.7 Å². The van der Waals surface area contributed by atoms with E-state index in [1.165, 1.54) is 0 Å². The lowest BCUT2D eigenvalue weighted by Crippen LogP contribution is -2.60. The fourth-order valence-corrected chi connectivity index (χ4v) is 3.24. The molecule has 0 aliphatic carbocycles. The highest BCUT2D eigenvalue weighted by atomic mass is 16.3. The van der Waals surface area contributed by atoms with Gasteiger partial charge in [0.15, 0.2) is 6.17 Å². The van der Waals surface area contributed by atoms with Gasteiger partial charge in [-0.1, -0.05) is 0 Å². The minimum absolute atomic E-state index is 0.00850. The minimum Gasteiger partial charge on any atom is -0.395 e. The number of nitrogens with one attached hydrogen (secondary N) is 1. The number of amides is 4. The Labute approximate surface area is 117 Å². The number of aliphatic hydroxyl groups is 1. The molecule has 2 atom stereocenters. The number of carbonyl (C=O) groups excluding carboxylic acids is 2. The first-order valence-electron chi connectivity index (χ1n) is 6.85. The molecule has 8 heteroatoms. The van der Waals surface area contributed by atoms with Crippen molar-refractivity contribution in [3.05, 3.63) is 0 Å². The molecule has 0 aromatic carbocycles. The van der Waals surface area contributed by atoms with Crippen molar-refractivity contribution in [1.29, 1.82) is 0 Å². The van der Waals surface area contributed by atoms with Gasteiger partial charge in [-0.15, -0.1) is 0 Å². The molecular formula is C12H21N5O3. The average Bonchev–Trinajstić information content (AvgIpc) is 2.79. The number of rotatable bonds is 2. The Morgan fingerprint density at radius 2 is 1.90 bits per heavy atom. The van der Waals surface area contributed by atoms with Crippen LogP contribution in [0.5, 0.6) is 0 Å². The van der Waals surface area contributed by atoms with Gasteiger partial charge >= 0.3 is 12.1 Å². The zero-order valence-electron chi connectivity index (χ0n) is 12.0. The summed E-state index contributed by atoms with van der Waals surface area (Å²) in [6.45, 7) is 7.22. The zero-order chi connectivity index (χ0) is 14.7. The summed E-state index contributed by atoms with van der Waals surface area (Å²) in [6, 6.07) is -0.227. The van der Waals surface area contributed by atoms with Crippen LogP contribution < -0.4 is 5.32 Å². The van der Waals surface area contributed by atoms with Crippen LogP contribution in [0.4, 0.5) is 9.59 Å². The van der Waals surface area contributed by atoms with Crippen molar-refractivity contribution in [3.8, 4) is 0 Å². The molecule has 3 heterocycles. The lowest BCUT2D eigenvalue weighted by atomic mass is 10.1. The van der Waals surface area contributed by atoms with Crippen LogP contribution in [-0.4, -0.2) is 81.1 Å². The van der Waals surface area contributed by atoms with E-state index in [2.05, 4.69) is 5.32 Å². The largest absolute Gasteiger partial charge is 0.395 e. The topological polar surface area (TPSA) is 79.4 Å². The molecule has 3 aliphatic rings. The molecule has 4 amide bonds. The highest BCUT2D eigenvalue weighted by molar-refractivity contribution is 5.85. The first-order chi connectivity index (χ1) is 9.34. The highest BCUT2D eigenvalue weighted by Crippen LogP contribution is 2.36. The van der Waals surface area contributed by atoms with Gasteiger partial charge in [-0.2, -0.15) is 0 Å². The van der Waals surface area contributed by atoms with E-state index in [0.29, 0.717) is 19.9 Å². The Kier molecular flexibility index (Phi) is 2.84. The molecular weight excluding hydrogens is 262 g/mol. The van der Waals surface area contributed by atoms with Gasteiger partial charge in [-0.25, -0.2) is 9.59 Å². The monoisotopic (exact) mass is 283 g/mol. The first kappa shape index (κ1) is 13.4. The van der Waals surface area contributed by atoms with E-state index < -0.39 is 0 Å². The molecule has 0 radical (unpaired) electrons. The fourth-order valence-electron chi connectivity index (χ4n) is 3.24. The van der Waals surface area contributed by atoms with Crippen molar-refractivity contribution in [2.24, 2.45) is 0 Å². The van der Waals surface area contributed by atoms with Crippen LogP contribution in [0.15, 0.2) is 0 Å². The lowest BCUT2D eigenvalue weighted by Gasteiger charge is -2.41. The molecule has 8 nitrogen and oxygen atoms in total. The number of nitrogens with zero attached hydrogens (tertiary/aromatic N) is 4. The maximum atomic E-state index is 12.6. The van der Waals surface area contributed by atoms with Crippen molar-refractivity contribution in [2.75, 3.05) is 26.5 Å². The van der Waals surface area contributed by atoms with Crippen molar-refractivity contribution < 1.29 is 14.7 Å². The molecule has 3 aliphatic heterocycles. The number of β-amino-alcohol motifs (C(OH)–C–C–N with tert-alkyl or cyclic N) is 1. The first-order valence-corrected chi connectivity index (χ1v) is 6.85. The molecule has 3 saturated heterocycles. The van der Waals surface area contributed by atoms with E-state index in [4.69, 9.17) is 5.11 Å². The highest BCUT2D eigenvalue weighted by Gasteiger charge is 2.59. The molecule has 0 aromatic rings.